The van der Waals surface area contributed by atoms with Gasteiger partial charge in [-0.3, -0.25) is 10.2 Å². The third-order valence-electron chi connectivity index (χ3n) is 4.69. The number of amides is 1. The molecule has 136 valence electrons. The minimum atomic E-state index is -1.20. The molecule has 0 saturated carbocycles. The van der Waals surface area contributed by atoms with Crippen molar-refractivity contribution in [2.45, 2.75) is 6.42 Å². The molecule has 1 aliphatic rings. The van der Waals surface area contributed by atoms with Gasteiger partial charge in [0.15, 0.2) is 0 Å². The average molecular weight is 364 g/mol. The number of aromatic carboxylic acids is 1. The van der Waals surface area contributed by atoms with Crippen LogP contribution in [0.5, 0.6) is 17.2 Å². The van der Waals surface area contributed by atoms with Crippen LogP contribution in [-0.2, 0) is 6.42 Å². The van der Waals surface area contributed by atoms with Gasteiger partial charge in [-0.2, -0.15) is 0 Å². The molecule has 4 rings (SSSR count). The Kier molecular flexibility index (Phi) is 3.93. The molecule has 27 heavy (non-hydrogen) atoms. The number of carbonyl (C=O) groups excluding carboxylic acids is 1. The van der Waals surface area contributed by atoms with Crippen molar-refractivity contribution in [3.8, 4) is 17.2 Å². The molecule has 1 amide bonds. The molecule has 0 spiro atoms. The smallest absolute Gasteiger partial charge is 0.336 e. The van der Waals surface area contributed by atoms with Crippen molar-refractivity contribution in [1.82, 2.24) is 5.43 Å². The topological polar surface area (TPSA) is 111 Å². The van der Waals surface area contributed by atoms with Gasteiger partial charge >= 0.3 is 5.97 Å². The molecule has 0 unspecified atom stereocenters. The van der Waals surface area contributed by atoms with Gasteiger partial charge in [-0.05, 0) is 35.7 Å². The predicted molar refractivity (Wildman–Crippen MR) is 98.4 cm³/mol. The lowest BCUT2D eigenvalue weighted by molar-refractivity contribution is 0.0691. The summed E-state index contributed by atoms with van der Waals surface area (Å²) in [4.78, 5) is 24.1. The molecule has 0 fully saturated rings. The van der Waals surface area contributed by atoms with Crippen molar-refractivity contribution in [1.29, 1.82) is 0 Å². The van der Waals surface area contributed by atoms with Crippen LogP contribution in [0.1, 0.15) is 31.8 Å². The van der Waals surface area contributed by atoms with Gasteiger partial charge in [0.1, 0.15) is 17.2 Å². The highest BCUT2D eigenvalue weighted by Crippen LogP contribution is 2.42. The number of methoxy groups -OCH3 is 1. The Hall–Kier alpha value is -3.58. The van der Waals surface area contributed by atoms with E-state index in [4.69, 9.17) is 15.3 Å². The summed E-state index contributed by atoms with van der Waals surface area (Å²) < 4.78 is 11.3. The van der Waals surface area contributed by atoms with E-state index in [1.165, 1.54) is 6.07 Å². The SMILES string of the molecule is COc1ccc2c(c1)Cc1c(ccc3ccc(C(=O)O)c(C(=O)NN)c13)O2. The molecule has 4 N–H and O–H groups in total. The molecule has 0 radical (unpaired) electrons. The highest BCUT2D eigenvalue weighted by atomic mass is 16.5. The first-order valence-corrected chi connectivity index (χ1v) is 8.21. The zero-order valence-electron chi connectivity index (χ0n) is 14.4. The monoisotopic (exact) mass is 364 g/mol. The maximum atomic E-state index is 12.4. The fraction of sp³-hybridized carbons (Fsp3) is 0.100. The number of rotatable bonds is 3. The Bertz CT molecular complexity index is 1110. The van der Waals surface area contributed by atoms with Gasteiger partial charge < -0.3 is 14.6 Å². The quantitative estimate of drug-likeness (QED) is 0.293. The Labute approximate surface area is 154 Å². The lowest BCUT2D eigenvalue weighted by atomic mass is 9.89. The number of ether oxygens (including phenoxy) is 2. The molecule has 1 aliphatic heterocycles. The highest BCUT2D eigenvalue weighted by Gasteiger charge is 2.26. The van der Waals surface area contributed by atoms with Crippen LogP contribution in [0, 0.1) is 0 Å². The number of nitrogens with one attached hydrogen (secondary N) is 1. The van der Waals surface area contributed by atoms with E-state index in [1.54, 1.807) is 25.3 Å². The number of hydrazine groups is 1. The average Bonchev–Trinajstić information content (AvgIpc) is 2.70. The molecule has 3 aromatic rings. The minimum Gasteiger partial charge on any atom is -0.497 e. The maximum Gasteiger partial charge on any atom is 0.336 e. The number of nitrogens with two attached hydrogens (primary N) is 1. The fourth-order valence-electron chi connectivity index (χ4n) is 3.46. The van der Waals surface area contributed by atoms with E-state index in [9.17, 15) is 14.7 Å². The fourth-order valence-corrected chi connectivity index (χ4v) is 3.46. The molecule has 1 heterocycles. The van der Waals surface area contributed by atoms with Crippen LogP contribution in [0.2, 0.25) is 0 Å². The highest BCUT2D eigenvalue weighted by molar-refractivity contribution is 6.15. The van der Waals surface area contributed by atoms with Crippen LogP contribution in [0.15, 0.2) is 42.5 Å². The molecule has 7 heteroatoms. The van der Waals surface area contributed by atoms with Gasteiger partial charge in [0.05, 0.1) is 18.2 Å². The Morgan fingerprint density at radius 1 is 1.15 bits per heavy atom. The number of carbonyl (C=O) groups is 2. The van der Waals surface area contributed by atoms with E-state index in [1.807, 2.05) is 23.6 Å². The van der Waals surface area contributed by atoms with E-state index >= 15 is 0 Å². The summed E-state index contributed by atoms with van der Waals surface area (Å²) in [5.74, 6) is 5.41. The predicted octanol–water partition coefficient (Wildman–Crippen LogP) is 2.85. The molecular weight excluding hydrogens is 348 g/mol. The van der Waals surface area contributed by atoms with Crippen molar-refractivity contribution in [3.05, 3.63) is 64.7 Å². The van der Waals surface area contributed by atoms with Crippen molar-refractivity contribution in [2.24, 2.45) is 5.84 Å². The van der Waals surface area contributed by atoms with Gasteiger partial charge in [-0.15, -0.1) is 0 Å². The Morgan fingerprint density at radius 2 is 1.89 bits per heavy atom. The number of benzene rings is 3. The van der Waals surface area contributed by atoms with Crippen molar-refractivity contribution < 1.29 is 24.2 Å². The molecular formula is C20H16N2O5. The first-order chi connectivity index (χ1) is 13.0. The summed E-state index contributed by atoms with van der Waals surface area (Å²) in [6.45, 7) is 0. The minimum absolute atomic E-state index is 0.0225. The van der Waals surface area contributed by atoms with Crippen LogP contribution in [0.4, 0.5) is 0 Å². The second kappa shape index (κ2) is 6.30. The lowest BCUT2D eigenvalue weighted by Crippen LogP contribution is -2.31. The van der Waals surface area contributed by atoms with Gasteiger partial charge in [0.25, 0.3) is 5.91 Å². The molecule has 7 nitrogen and oxygen atoms in total. The molecule has 0 atom stereocenters. The Balaban J connectivity index is 2.01. The molecule has 0 aromatic heterocycles. The number of fused-ring (bicyclic) bond motifs is 4. The largest absolute Gasteiger partial charge is 0.497 e. The molecule has 0 saturated heterocycles. The number of hydrogen-bond acceptors (Lipinski definition) is 5. The summed E-state index contributed by atoms with van der Waals surface area (Å²) in [5.41, 5.74) is 3.57. The third kappa shape index (κ3) is 2.65. The third-order valence-corrected chi connectivity index (χ3v) is 4.69. The van der Waals surface area contributed by atoms with E-state index in [0.29, 0.717) is 29.1 Å². The van der Waals surface area contributed by atoms with Gasteiger partial charge in [-0.1, -0.05) is 12.1 Å². The van der Waals surface area contributed by atoms with Crippen molar-refractivity contribution in [2.75, 3.05) is 7.11 Å². The first-order valence-electron chi connectivity index (χ1n) is 8.21. The second-order valence-electron chi connectivity index (χ2n) is 6.16. The second-order valence-corrected chi connectivity index (χ2v) is 6.16. The summed E-state index contributed by atoms with van der Waals surface area (Å²) in [6.07, 6.45) is 0.465. The lowest BCUT2D eigenvalue weighted by Gasteiger charge is -2.23. The van der Waals surface area contributed by atoms with Crippen LogP contribution in [0.25, 0.3) is 10.8 Å². The van der Waals surface area contributed by atoms with Crippen LogP contribution in [-0.4, -0.2) is 24.1 Å². The van der Waals surface area contributed by atoms with Crippen LogP contribution >= 0.6 is 0 Å². The molecule has 3 aromatic carbocycles. The first kappa shape index (κ1) is 16.9. The number of carboxylic acids is 1. The Morgan fingerprint density at radius 3 is 2.59 bits per heavy atom. The van der Waals surface area contributed by atoms with E-state index in [-0.39, 0.29) is 11.1 Å². The maximum absolute atomic E-state index is 12.4. The summed E-state index contributed by atoms with van der Waals surface area (Å²) in [6, 6.07) is 12.2. The summed E-state index contributed by atoms with van der Waals surface area (Å²) in [5, 5.41) is 10.8. The zero-order chi connectivity index (χ0) is 19.1. The summed E-state index contributed by atoms with van der Waals surface area (Å²) >= 11 is 0. The zero-order valence-corrected chi connectivity index (χ0v) is 14.4. The van der Waals surface area contributed by atoms with E-state index in [2.05, 4.69) is 0 Å². The van der Waals surface area contributed by atoms with E-state index < -0.39 is 11.9 Å². The van der Waals surface area contributed by atoms with Gasteiger partial charge in [0, 0.05) is 22.9 Å². The molecule has 0 bridgehead atoms. The van der Waals surface area contributed by atoms with Gasteiger partial charge in [0.2, 0.25) is 0 Å². The normalized spacial score (nSPS) is 11.9. The number of carboxylic acid groups (broad SMARTS) is 1. The number of nitrogen functional groups attached to an aromatic ring is 1. The standard InChI is InChI=1S/C20H16N2O5/c1-26-12-4-7-15-11(8-12)9-14-16(27-15)6-3-10-2-5-13(20(24)25)18(17(10)14)19(23)22-21/h2-8H,9,21H2,1H3,(H,22,23)(H,24,25). The summed E-state index contributed by atoms with van der Waals surface area (Å²) in [7, 11) is 1.58. The van der Waals surface area contributed by atoms with Crippen LogP contribution < -0.4 is 20.7 Å². The number of hydrogen-bond donors (Lipinski definition) is 3. The molecule has 0 aliphatic carbocycles. The van der Waals surface area contributed by atoms with Crippen molar-refractivity contribution in [3.63, 3.8) is 0 Å². The van der Waals surface area contributed by atoms with Gasteiger partial charge in [-0.25, -0.2) is 10.6 Å². The van der Waals surface area contributed by atoms with Crippen molar-refractivity contribution >= 4 is 22.6 Å². The van der Waals surface area contributed by atoms with E-state index in [0.717, 1.165) is 16.5 Å². The van der Waals surface area contributed by atoms with Crippen LogP contribution in [0.3, 0.4) is 0 Å².